The average Bonchev–Trinajstić information content (AvgIpc) is 2.63. The van der Waals surface area contributed by atoms with E-state index in [0.29, 0.717) is 0 Å². The molecule has 0 amide bonds. The number of hydrogen-bond acceptors (Lipinski definition) is 4. The van der Waals surface area contributed by atoms with Crippen LogP contribution in [0, 0.1) is 0 Å². The topological polar surface area (TPSA) is 13.0 Å². The van der Waals surface area contributed by atoms with Crippen LogP contribution in [0.15, 0.2) is 0 Å². The minimum Gasteiger partial charge on any atom is -0.339 e. The average molecular weight is 453 g/mol. The van der Waals surface area contributed by atoms with Crippen molar-refractivity contribution in [3.8, 4) is 0 Å². The third-order valence-corrected chi connectivity index (χ3v) is 26.6. The van der Waals surface area contributed by atoms with Crippen LogP contribution in [0.4, 0.5) is 0 Å². The first kappa shape index (κ1) is 26.1. The molecule has 0 bridgehead atoms. The monoisotopic (exact) mass is 452 g/mol. The standard InChI is InChI=1S/C15H48N4Si6/c1-7-16(4)23(13-10-20)19(24(14-11-21)17(5)8-2)25(15-12-22)18(6)9-3/h23-25H,7-15H2,1-6,20-22H3. The summed E-state index contributed by atoms with van der Waals surface area (Å²) < 4.78 is 11.8. The van der Waals surface area contributed by atoms with Crippen molar-refractivity contribution in [2.45, 2.75) is 57.0 Å². The first-order valence-electron chi connectivity index (χ1n) is 10.8. The Morgan fingerprint density at radius 3 is 0.960 bits per heavy atom. The SMILES string of the molecule is CCN(C)[SiH](CC[SiH3])N([SiH](CC[SiH3])N(C)CC)[SiH](CC[SiH3])N(C)CC. The van der Waals surface area contributed by atoms with Gasteiger partial charge in [0, 0.05) is 30.7 Å². The highest BCUT2D eigenvalue weighted by molar-refractivity contribution is 6.84. The van der Waals surface area contributed by atoms with Crippen molar-refractivity contribution in [2.75, 3.05) is 40.8 Å². The molecule has 3 atom stereocenters. The molecular formula is C15H48N4Si6. The Kier molecular flexibility index (Phi) is 15.8. The molecule has 0 saturated carbocycles. The first-order chi connectivity index (χ1) is 11.9. The second kappa shape index (κ2) is 15.1. The van der Waals surface area contributed by atoms with Gasteiger partial charge in [0.15, 0.2) is 27.4 Å². The highest BCUT2D eigenvalue weighted by Gasteiger charge is 2.39. The van der Waals surface area contributed by atoms with Crippen molar-refractivity contribution in [3.05, 3.63) is 0 Å². The molecule has 0 aliphatic rings. The molecular weight excluding hydrogens is 405 g/mol. The van der Waals surface area contributed by atoms with Crippen LogP contribution in [-0.2, 0) is 0 Å². The molecule has 0 fully saturated rings. The van der Waals surface area contributed by atoms with E-state index in [9.17, 15) is 0 Å². The van der Waals surface area contributed by atoms with Crippen LogP contribution in [0.25, 0.3) is 0 Å². The van der Waals surface area contributed by atoms with Gasteiger partial charge in [-0.3, -0.25) is 0 Å². The zero-order chi connectivity index (χ0) is 19.4. The van der Waals surface area contributed by atoms with E-state index < -0.39 is 27.4 Å². The normalized spacial score (nSPS) is 16.6. The molecule has 0 rings (SSSR count). The molecule has 0 heterocycles. The molecule has 0 radical (unpaired) electrons. The highest BCUT2D eigenvalue weighted by Crippen LogP contribution is 2.21. The molecule has 3 unspecified atom stereocenters. The maximum atomic E-state index is 3.34. The van der Waals surface area contributed by atoms with Gasteiger partial charge in [-0.1, -0.05) is 38.9 Å². The van der Waals surface area contributed by atoms with Crippen LogP contribution in [0.5, 0.6) is 0 Å². The van der Waals surface area contributed by atoms with Crippen molar-refractivity contribution in [1.29, 1.82) is 0 Å². The molecule has 25 heavy (non-hydrogen) atoms. The molecule has 0 aromatic carbocycles. The predicted octanol–water partition coefficient (Wildman–Crippen LogP) is -1.84. The van der Waals surface area contributed by atoms with Gasteiger partial charge in [0.25, 0.3) is 0 Å². The summed E-state index contributed by atoms with van der Waals surface area (Å²) >= 11 is 0. The van der Waals surface area contributed by atoms with Gasteiger partial charge in [-0.25, -0.2) is 0 Å². The summed E-state index contributed by atoms with van der Waals surface area (Å²) in [6.45, 7) is 10.9. The van der Waals surface area contributed by atoms with Gasteiger partial charge in [0.2, 0.25) is 0 Å². The summed E-state index contributed by atoms with van der Waals surface area (Å²) in [6.07, 6.45) is 0. The lowest BCUT2D eigenvalue weighted by Gasteiger charge is -2.49. The Morgan fingerprint density at radius 1 is 0.560 bits per heavy atom. The Hall–Kier alpha value is 1.14. The number of rotatable bonds is 15. The molecule has 0 aliphatic carbocycles. The first-order valence-corrected chi connectivity index (χ1v) is 20.6. The fourth-order valence-corrected chi connectivity index (χ4v) is 26.4. The third-order valence-electron chi connectivity index (χ3n) is 5.70. The van der Waals surface area contributed by atoms with E-state index in [4.69, 9.17) is 0 Å². The lowest BCUT2D eigenvalue weighted by Crippen LogP contribution is -2.70. The maximum absolute atomic E-state index is 3.34. The molecule has 0 N–H and O–H groups in total. The fraction of sp³-hybridized carbons (Fsp3) is 1.00. The molecule has 10 heteroatoms. The quantitative estimate of drug-likeness (QED) is 0.271. The van der Waals surface area contributed by atoms with Crippen molar-refractivity contribution in [3.63, 3.8) is 0 Å². The summed E-state index contributed by atoms with van der Waals surface area (Å²) in [5.74, 6) is 0. The lowest BCUT2D eigenvalue weighted by atomic mass is 10.8. The Morgan fingerprint density at radius 2 is 0.800 bits per heavy atom. The Balaban J connectivity index is 6.00. The highest BCUT2D eigenvalue weighted by atomic mass is 28.4. The number of hydrogen-bond donors (Lipinski definition) is 0. The zero-order valence-electron chi connectivity index (χ0n) is 18.9. The van der Waals surface area contributed by atoms with E-state index >= 15 is 0 Å². The van der Waals surface area contributed by atoms with Gasteiger partial charge < -0.3 is 17.6 Å². The molecule has 0 aromatic heterocycles. The smallest absolute Gasteiger partial charge is 0.177 e. The van der Waals surface area contributed by atoms with Crippen LogP contribution in [0.1, 0.15) is 20.8 Å². The van der Waals surface area contributed by atoms with Crippen molar-refractivity contribution >= 4 is 58.1 Å². The molecule has 0 spiro atoms. The van der Waals surface area contributed by atoms with Crippen molar-refractivity contribution < 1.29 is 0 Å². The predicted molar refractivity (Wildman–Crippen MR) is 137 cm³/mol. The molecule has 152 valence electrons. The largest absolute Gasteiger partial charge is 0.339 e. The van der Waals surface area contributed by atoms with E-state index in [-0.39, 0.29) is 0 Å². The van der Waals surface area contributed by atoms with Crippen LogP contribution < -0.4 is 0 Å². The minimum absolute atomic E-state index is 0.990. The lowest BCUT2D eigenvalue weighted by molar-refractivity contribution is 0.459. The summed E-state index contributed by atoms with van der Waals surface area (Å²) in [5, 5.41) is 0. The Labute approximate surface area is 173 Å². The summed E-state index contributed by atoms with van der Waals surface area (Å²) in [6, 6.07) is 9.07. The van der Waals surface area contributed by atoms with Gasteiger partial charge in [0.1, 0.15) is 0 Å². The van der Waals surface area contributed by atoms with E-state index in [1.807, 2.05) is 0 Å². The van der Waals surface area contributed by atoms with E-state index in [1.165, 1.54) is 86.6 Å². The molecule has 0 aliphatic heterocycles. The van der Waals surface area contributed by atoms with Gasteiger partial charge in [-0.15, -0.1) is 0 Å². The van der Waals surface area contributed by atoms with Crippen LogP contribution in [-0.4, -0.2) is 116 Å². The second-order valence-corrected chi connectivity index (χ2v) is 21.3. The van der Waals surface area contributed by atoms with Crippen molar-refractivity contribution in [2.24, 2.45) is 0 Å². The van der Waals surface area contributed by atoms with E-state index in [1.54, 1.807) is 0 Å². The van der Waals surface area contributed by atoms with Crippen LogP contribution in [0.2, 0.25) is 36.3 Å². The Bertz CT molecular complexity index is 281. The summed E-state index contributed by atoms with van der Waals surface area (Å²) in [5.41, 5.74) is 0. The molecule has 0 saturated heterocycles. The van der Waals surface area contributed by atoms with Crippen molar-refractivity contribution in [1.82, 2.24) is 17.6 Å². The van der Waals surface area contributed by atoms with Crippen LogP contribution in [0.3, 0.4) is 0 Å². The minimum atomic E-state index is -0.990. The van der Waals surface area contributed by atoms with E-state index in [2.05, 4.69) is 59.5 Å². The maximum Gasteiger partial charge on any atom is 0.177 e. The zero-order valence-corrected chi connectivity index (χ0v) is 28.3. The van der Waals surface area contributed by atoms with Gasteiger partial charge in [-0.2, -0.15) is 0 Å². The summed E-state index contributed by atoms with van der Waals surface area (Å²) in [4.78, 5) is 0. The fourth-order valence-electron chi connectivity index (χ4n) is 3.79. The molecule has 4 nitrogen and oxygen atoms in total. The van der Waals surface area contributed by atoms with Crippen LogP contribution >= 0.6 is 0 Å². The molecule has 0 aromatic rings. The summed E-state index contributed by atoms with van der Waals surface area (Å²) in [7, 11) is 8.47. The third kappa shape index (κ3) is 8.36. The van der Waals surface area contributed by atoms with E-state index in [0.717, 1.165) is 0 Å². The second-order valence-electron chi connectivity index (χ2n) is 7.47. The number of nitrogens with zero attached hydrogens (tertiary/aromatic N) is 4. The van der Waals surface area contributed by atoms with Gasteiger partial charge >= 0.3 is 0 Å². The van der Waals surface area contributed by atoms with Gasteiger partial charge in [0.05, 0.1) is 0 Å². The van der Waals surface area contributed by atoms with Gasteiger partial charge in [-0.05, 0) is 58.9 Å².